The van der Waals surface area contributed by atoms with Crippen LogP contribution in [0.25, 0.3) is 16.3 Å². The van der Waals surface area contributed by atoms with Crippen LogP contribution in [0.15, 0.2) is 42.7 Å². The van der Waals surface area contributed by atoms with Crippen LogP contribution in [-0.4, -0.2) is 10.4 Å². The SMILES string of the molecule is CC1(C)CC(c2cccc3ccncc23)=CC(Cl)C1. The first kappa shape index (κ1) is 12.7. The summed E-state index contributed by atoms with van der Waals surface area (Å²) in [6, 6.07) is 8.49. The monoisotopic (exact) mass is 271 g/mol. The lowest BCUT2D eigenvalue weighted by molar-refractivity contribution is 0.340. The maximum Gasteiger partial charge on any atom is 0.0527 e. The largest absolute Gasteiger partial charge is 0.264 e. The highest BCUT2D eigenvalue weighted by molar-refractivity contribution is 6.22. The molecule has 0 aliphatic heterocycles. The molecule has 0 saturated heterocycles. The summed E-state index contributed by atoms with van der Waals surface area (Å²) in [7, 11) is 0. The molecule has 0 radical (unpaired) electrons. The van der Waals surface area contributed by atoms with Gasteiger partial charge in [-0.15, -0.1) is 11.6 Å². The average molecular weight is 272 g/mol. The molecule has 1 aromatic carbocycles. The molecule has 1 unspecified atom stereocenters. The third kappa shape index (κ3) is 2.52. The topological polar surface area (TPSA) is 12.9 Å². The van der Waals surface area contributed by atoms with Crippen LogP contribution in [0.5, 0.6) is 0 Å². The Hall–Kier alpha value is -1.34. The Bertz CT molecular complexity index is 637. The molecule has 0 saturated carbocycles. The Morgan fingerprint density at radius 2 is 2.11 bits per heavy atom. The molecule has 1 aliphatic rings. The highest BCUT2D eigenvalue weighted by Crippen LogP contribution is 2.42. The van der Waals surface area contributed by atoms with Gasteiger partial charge >= 0.3 is 0 Å². The fourth-order valence-electron chi connectivity index (χ4n) is 3.03. The van der Waals surface area contributed by atoms with Gasteiger partial charge in [-0.2, -0.15) is 0 Å². The number of allylic oxidation sites excluding steroid dienone is 2. The summed E-state index contributed by atoms with van der Waals surface area (Å²) in [4.78, 5) is 4.26. The third-order valence-electron chi connectivity index (χ3n) is 3.83. The molecule has 3 rings (SSSR count). The van der Waals surface area contributed by atoms with Crippen LogP contribution < -0.4 is 0 Å². The van der Waals surface area contributed by atoms with E-state index >= 15 is 0 Å². The number of benzene rings is 1. The fraction of sp³-hybridized carbons (Fsp3) is 0.353. The molecule has 1 aliphatic carbocycles. The molecule has 0 bridgehead atoms. The zero-order chi connectivity index (χ0) is 13.5. The lowest BCUT2D eigenvalue weighted by Gasteiger charge is -2.32. The first-order chi connectivity index (χ1) is 9.05. The minimum atomic E-state index is 0.130. The van der Waals surface area contributed by atoms with Gasteiger partial charge < -0.3 is 0 Å². The van der Waals surface area contributed by atoms with Crippen molar-refractivity contribution in [2.75, 3.05) is 0 Å². The van der Waals surface area contributed by atoms with Crippen LogP contribution in [-0.2, 0) is 0 Å². The molecule has 2 aromatic rings. The molecule has 98 valence electrons. The number of alkyl halides is 1. The normalized spacial score (nSPS) is 22.3. The van der Waals surface area contributed by atoms with Crippen molar-refractivity contribution in [1.82, 2.24) is 4.98 Å². The number of halogens is 1. The van der Waals surface area contributed by atoms with E-state index in [1.165, 1.54) is 21.9 Å². The molecule has 1 atom stereocenters. The summed E-state index contributed by atoms with van der Waals surface area (Å²) in [5.74, 6) is 0. The Morgan fingerprint density at radius 3 is 2.89 bits per heavy atom. The van der Waals surface area contributed by atoms with Crippen LogP contribution in [0, 0.1) is 5.41 Å². The molecule has 2 heteroatoms. The van der Waals surface area contributed by atoms with E-state index in [4.69, 9.17) is 11.6 Å². The van der Waals surface area contributed by atoms with Gasteiger partial charge in [0.2, 0.25) is 0 Å². The molecule has 1 aromatic heterocycles. The van der Waals surface area contributed by atoms with Gasteiger partial charge in [0, 0.05) is 17.8 Å². The van der Waals surface area contributed by atoms with E-state index in [2.05, 4.69) is 49.2 Å². The number of nitrogens with zero attached hydrogens (tertiary/aromatic N) is 1. The van der Waals surface area contributed by atoms with Crippen molar-refractivity contribution >= 4 is 27.9 Å². The summed E-state index contributed by atoms with van der Waals surface area (Å²) >= 11 is 6.40. The molecule has 19 heavy (non-hydrogen) atoms. The highest BCUT2D eigenvalue weighted by Gasteiger charge is 2.28. The Labute approximate surface area is 119 Å². The predicted molar refractivity (Wildman–Crippen MR) is 82.4 cm³/mol. The summed E-state index contributed by atoms with van der Waals surface area (Å²) in [6.07, 6.45) is 8.13. The molecule has 0 amide bonds. The Balaban J connectivity index is 2.14. The second-order valence-corrected chi connectivity index (χ2v) is 6.72. The first-order valence-corrected chi connectivity index (χ1v) is 7.17. The first-order valence-electron chi connectivity index (χ1n) is 6.73. The van der Waals surface area contributed by atoms with Crippen LogP contribution in [0.2, 0.25) is 0 Å². The molecule has 0 spiro atoms. The van der Waals surface area contributed by atoms with Crippen molar-refractivity contribution in [3.63, 3.8) is 0 Å². The van der Waals surface area contributed by atoms with Crippen molar-refractivity contribution < 1.29 is 0 Å². The Kier molecular flexibility index (Phi) is 3.10. The van der Waals surface area contributed by atoms with Gasteiger partial charge in [-0.3, -0.25) is 4.98 Å². The zero-order valence-electron chi connectivity index (χ0n) is 11.4. The van der Waals surface area contributed by atoms with Gasteiger partial charge in [0.05, 0.1) is 5.38 Å². The summed E-state index contributed by atoms with van der Waals surface area (Å²) in [6.45, 7) is 4.58. The van der Waals surface area contributed by atoms with Gasteiger partial charge in [-0.05, 0) is 40.8 Å². The number of aromatic nitrogens is 1. The van der Waals surface area contributed by atoms with Gasteiger partial charge in [0.25, 0.3) is 0 Å². The minimum absolute atomic E-state index is 0.130. The molecular weight excluding hydrogens is 254 g/mol. The van der Waals surface area contributed by atoms with Crippen LogP contribution >= 0.6 is 11.6 Å². The number of hydrogen-bond acceptors (Lipinski definition) is 1. The third-order valence-corrected chi connectivity index (χ3v) is 4.11. The minimum Gasteiger partial charge on any atom is -0.264 e. The number of rotatable bonds is 1. The molecular formula is C17H18ClN. The van der Waals surface area contributed by atoms with Crippen molar-refractivity contribution in [3.05, 3.63) is 48.3 Å². The summed E-state index contributed by atoms with van der Waals surface area (Å²) < 4.78 is 0. The lowest BCUT2D eigenvalue weighted by atomic mass is 9.75. The van der Waals surface area contributed by atoms with E-state index in [1.54, 1.807) is 0 Å². The smallest absolute Gasteiger partial charge is 0.0527 e. The van der Waals surface area contributed by atoms with Gasteiger partial charge in [-0.1, -0.05) is 38.1 Å². The van der Waals surface area contributed by atoms with Crippen LogP contribution in [0.3, 0.4) is 0 Å². The van der Waals surface area contributed by atoms with E-state index in [1.807, 2.05) is 12.4 Å². The second-order valence-electron chi connectivity index (χ2n) is 6.16. The van der Waals surface area contributed by atoms with Gasteiger partial charge in [0.15, 0.2) is 0 Å². The standard InChI is InChI=1S/C17H18ClN/c1-17(2)9-13(8-14(18)10-17)15-5-3-4-12-6-7-19-11-16(12)15/h3-8,11,14H,9-10H2,1-2H3. The second kappa shape index (κ2) is 4.64. The lowest BCUT2D eigenvalue weighted by Crippen LogP contribution is -2.21. The van der Waals surface area contributed by atoms with E-state index in [-0.39, 0.29) is 10.8 Å². The number of fused-ring (bicyclic) bond motifs is 1. The van der Waals surface area contributed by atoms with Crippen molar-refractivity contribution in [3.8, 4) is 0 Å². The van der Waals surface area contributed by atoms with Crippen molar-refractivity contribution in [2.24, 2.45) is 5.41 Å². The maximum atomic E-state index is 6.40. The average Bonchev–Trinajstić information content (AvgIpc) is 2.35. The van der Waals surface area contributed by atoms with Crippen LogP contribution in [0.1, 0.15) is 32.3 Å². The van der Waals surface area contributed by atoms with Gasteiger partial charge in [0.1, 0.15) is 0 Å². The summed E-state index contributed by atoms with van der Waals surface area (Å²) in [5, 5.41) is 2.59. The molecule has 0 fully saturated rings. The quantitative estimate of drug-likeness (QED) is 0.662. The molecule has 0 N–H and O–H groups in total. The van der Waals surface area contributed by atoms with Crippen molar-refractivity contribution in [1.29, 1.82) is 0 Å². The van der Waals surface area contributed by atoms with E-state index in [0.29, 0.717) is 0 Å². The number of pyridine rings is 1. The highest BCUT2D eigenvalue weighted by atomic mass is 35.5. The zero-order valence-corrected chi connectivity index (χ0v) is 12.1. The number of hydrogen-bond donors (Lipinski definition) is 0. The van der Waals surface area contributed by atoms with E-state index in [9.17, 15) is 0 Å². The molecule has 1 nitrogen and oxygen atoms in total. The molecule has 1 heterocycles. The van der Waals surface area contributed by atoms with Crippen LogP contribution in [0.4, 0.5) is 0 Å². The fourth-order valence-corrected chi connectivity index (χ4v) is 3.60. The summed E-state index contributed by atoms with van der Waals surface area (Å²) in [5.41, 5.74) is 2.90. The van der Waals surface area contributed by atoms with Crippen molar-refractivity contribution in [2.45, 2.75) is 32.1 Å². The predicted octanol–water partition coefficient (Wildman–Crippen LogP) is 5.05. The van der Waals surface area contributed by atoms with Gasteiger partial charge in [-0.25, -0.2) is 0 Å². The maximum absolute atomic E-state index is 6.40. The van der Waals surface area contributed by atoms with E-state index < -0.39 is 0 Å². The Morgan fingerprint density at radius 1 is 1.26 bits per heavy atom. The van der Waals surface area contributed by atoms with E-state index in [0.717, 1.165) is 12.8 Å².